The van der Waals surface area contributed by atoms with Crippen LogP contribution in [0.2, 0.25) is 0 Å². The molecule has 1 aliphatic rings. The second-order valence-electron chi connectivity index (χ2n) is 1.54. The Morgan fingerprint density at radius 1 is 1.44 bits per heavy atom. The van der Waals surface area contributed by atoms with E-state index in [1.807, 2.05) is 0 Å². The Morgan fingerprint density at radius 2 is 2.00 bits per heavy atom. The number of ether oxygens (including phenoxy) is 1. The van der Waals surface area contributed by atoms with Crippen LogP contribution >= 0.6 is 0 Å². The Balaban J connectivity index is 0.000000640. The van der Waals surface area contributed by atoms with Gasteiger partial charge in [0.2, 0.25) is 0 Å². The van der Waals surface area contributed by atoms with Crippen molar-refractivity contribution in [3.63, 3.8) is 0 Å². The summed E-state index contributed by atoms with van der Waals surface area (Å²) in [5.74, 6) is -1.09. The molecule has 0 spiro atoms. The molecule has 1 aliphatic heterocycles. The van der Waals surface area contributed by atoms with Crippen LogP contribution in [0.4, 0.5) is 0 Å². The van der Waals surface area contributed by atoms with Gasteiger partial charge in [-0.05, 0) is 6.92 Å². The summed E-state index contributed by atoms with van der Waals surface area (Å²) < 4.78 is 4.10. The smallest absolute Gasteiger partial charge is 0.341 e. The van der Waals surface area contributed by atoms with Crippen molar-refractivity contribution < 1.29 is 14.3 Å². The Morgan fingerprint density at radius 3 is 2.11 bits per heavy atom. The molecule has 0 amide bonds. The van der Waals surface area contributed by atoms with Gasteiger partial charge in [-0.1, -0.05) is 7.43 Å². The summed E-state index contributed by atoms with van der Waals surface area (Å²) in [6.45, 7) is 1.53. The Bertz CT molecular complexity index is 179. The van der Waals surface area contributed by atoms with Crippen molar-refractivity contribution in [3.05, 3.63) is 19.1 Å². The molecule has 0 aromatic rings. The zero-order chi connectivity index (χ0) is 6.15. The lowest BCUT2D eigenvalue weighted by atomic mass is 10.3. The quantitative estimate of drug-likeness (QED) is 0.351. The molecule has 1 heterocycles. The minimum atomic E-state index is -0.562. The Kier molecular flexibility index (Phi) is 2.13. The van der Waals surface area contributed by atoms with Gasteiger partial charge in [-0.25, -0.2) is 9.59 Å². The SMILES string of the molecule is CC1=CC(=O)OC1=O.[CH3]. The molecule has 49 valence electrons. The monoisotopic (exact) mass is 127 g/mol. The minimum Gasteiger partial charge on any atom is -0.386 e. The second-order valence-corrected chi connectivity index (χ2v) is 1.54. The fourth-order valence-corrected chi connectivity index (χ4v) is 0.437. The van der Waals surface area contributed by atoms with Crippen molar-refractivity contribution in [1.82, 2.24) is 0 Å². The van der Waals surface area contributed by atoms with Gasteiger partial charge in [0, 0.05) is 11.6 Å². The van der Waals surface area contributed by atoms with E-state index >= 15 is 0 Å². The van der Waals surface area contributed by atoms with E-state index < -0.39 is 11.9 Å². The van der Waals surface area contributed by atoms with Crippen molar-refractivity contribution in [3.8, 4) is 0 Å². The molecule has 3 nitrogen and oxygen atoms in total. The fraction of sp³-hybridized carbons (Fsp3) is 0.167. The molecule has 0 aromatic carbocycles. The maximum Gasteiger partial charge on any atom is 0.341 e. The first-order valence-electron chi connectivity index (χ1n) is 2.14. The van der Waals surface area contributed by atoms with E-state index in [9.17, 15) is 9.59 Å². The van der Waals surface area contributed by atoms with Gasteiger partial charge in [-0.2, -0.15) is 0 Å². The number of carbonyl (C=O) groups is 2. The highest BCUT2D eigenvalue weighted by molar-refractivity contribution is 6.08. The molecule has 1 radical (unpaired) electrons. The van der Waals surface area contributed by atoms with E-state index in [0.29, 0.717) is 5.57 Å². The minimum absolute atomic E-state index is 0. The van der Waals surface area contributed by atoms with Gasteiger partial charge < -0.3 is 4.74 Å². The van der Waals surface area contributed by atoms with Gasteiger partial charge >= 0.3 is 11.9 Å². The molecule has 0 bridgehead atoms. The molecule has 0 aliphatic carbocycles. The van der Waals surface area contributed by atoms with Crippen LogP contribution < -0.4 is 0 Å². The fourth-order valence-electron chi connectivity index (χ4n) is 0.437. The summed E-state index contributed by atoms with van der Waals surface area (Å²) in [5, 5.41) is 0. The molecule has 9 heavy (non-hydrogen) atoms. The maximum atomic E-state index is 10.3. The molecule has 0 fully saturated rings. The summed E-state index contributed by atoms with van der Waals surface area (Å²) in [6.07, 6.45) is 1.17. The van der Waals surface area contributed by atoms with Crippen LogP contribution in [0.1, 0.15) is 6.92 Å². The van der Waals surface area contributed by atoms with E-state index in [4.69, 9.17) is 0 Å². The Labute approximate surface area is 53.3 Å². The van der Waals surface area contributed by atoms with Crippen molar-refractivity contribution in [2.45, 2.75) is 6.92 Å². The van der Waals surface area contributed by atoms with E-state index in [0.717, 1.165) is 0 Å². The first-order chi connectivity index (χ1) is 3.70. The summed E-state index contributed by atoms with van der Waals surface area (Å²) >= 11 is 0. The molecule has 0 aromatic heterocycles. The average molecular weight is 127 g/mol. The predicted octanol–water partition coefficient (Wildman–Crippen LogP) is 0.466. The van der Waals surface area contributed by atoms with Crippen LogP contribution in [-0.4, -0.2) is 11.9 Å². The van der Waals surface area contributed by atoms with Gasteiger partial charge in [0.1, 0.15) is 0 Å². The van der Waals surface area contributed by atoms with E-state index in [1.54, 1.807) is 0 Å². The van der Waals surface area contributed by atoms with Crippen molar-refractivity contribution in [1.29, 1.82) is 0 Å². The molecule has 1 rings (SSSR count). The summed E-state index contributed by atoms with van der Waals surface area (Å²) in [4.78, 5) is 20.4. The van der Waals surface area contributed by atoms with Crippen molar-refractivity contribution >= 4 is 11.9 Å². The predicted molar refractivity (Wildman–Crippen MR) is 31.3 cm³/mol. The molecule has 0 atom stereocenters. The lowest BCUT2D eigenvalue weighted by Crippen LogP contribution is -1.99. The third-order valence-corrected chi connectivity index (χ3v) is 0.850. The number of hydrogen-bond acceptors (Lipinski definition) is 3. The highest BCUT2D eigenvalue weighted by Gasteiger charge is 2.18. The Hall–Kier alpha value is -1.12. The summed E-state index contributed by atoms with van der Waals surface area (Å²) in [5.41, 5.74) is 0.370. The second kappa shape index (κ2) is 2.44. The number of cyclic esters (lactones) is 2. The van der Waals surface area contributed by atoms with E-state index in [2.05, 4.69) is 4.74 Å². The van der Waals surface area contributed by atoms with Crippen LogP contribution in [-0.2, 0) is 14.3 Å². The molecular weight excluding hydrogens is 120 g/mol. The third-order valence-electron chi connectivity index (χ3n) is 0.850. The molecule has 3 heteroatoms. The van der Waals surface area contributed by atoms with Crippen LogP contribution in [0.5, 0.6) is 0 Å². The summed E-state index contributed by atoms with van der Waals surface area (Å²) in [6, 6.07) is 0. The third kappa shape index (κ3) is 1.38. The van der Waals surface area contributed by atoms with Crippen LogP contribution in [0.3, 0.4) is 0 Å². The lowest BCUT2D eigenvalue weighted by molar-refractivity contribution is -0.150. The number of esters is 2. The van der Waals surface area contributed by atoms with Gasteiger partial charge in [0.05, 0.1) is 0 Å². The highest BCUT2D eigenvalue weighted by Crippen LogP contribution is 2.04. The zero-order valence-corrected chi connectivity index (χ0v) is 5.30. The summed E-state index contributed by atoms with van der Waals surface area (Å²) in [7, 11) is 0. The van der Waals surface area contributed by atoms with Gasteiger partial charge in [-0.3, -0.25) is 0 Å². The number of rotatable bonds is 0. The van der Waals surface area contributed by atoms with Crippen LogP contribution in [0, 0.1) is 7.43 Å². The highest BCUT2D eigenvalue weighted by atomic mass is 16.6. The molecule has 0 saturated heterocycles. The first-order valence-corrected chi connectivity index (χ1v) is 2.14. The van der Waals surface area contributed by atoms with Crippen molar-refractivity contribution in [2.75, 3.05) is 0 Å². The zero-order valence-electron chi connectivity index (χ0n) is 5.30. The van der Waals surface area contributed by atoms with Gasteiger partial charge in [0.25, 0.3) is 0 Å². The largest absolute Gasteiger partial charge is 0.386 e. The maximum absolute atomic E-state index is 10.3. The molecular formula is C6H7O3. The van der Waals surface area contributed by atoms with E-state index in [1.165, 1.54) is 13.0 Å². The standard InChI is InChI=1S/C5H4O3.CH3/c1-3-2-4(6)8-5(3)7;/h2H,1H3;1H3. The topological polar surface area (TPSA) is 43.4 Å². The van der Waals surface area contributed by atoms with Gasteiger partial charge in [-0.15, -0.1) is 0 Å². The van der Waals surface area contributed by atoms with Gasteiger partial charge in [0.15, 0.2) is 0 Å². The van der Waals surface area contributed by atoms with Crippen LogP contribution in [0.15, 0.2) is 11.6 Å². The van der Waals surface area contributed by atoms with Crippen molar-refractivity contribution in [2.24, 2.45) is 0 Å². The number of hydrogen-bond donors (Lipinski definition) is 0. The van der Waals surface area contributed by atoms with Crippen LogP contribution in [0.25, 0.3) is 0 Å². The molecule has 0 unspecified atom stereocenters. The lowest BCUT2D eigenvalue weighted by Gasteiger charge is -1.83. The normalized spacial score (nSPS) is 16.3. The average Bonchev–Trinajstić information content (AvgIpc) is 1.85. The molecule has 0 N–H and O–H groups in total. The number of carbonyl (C=O) groups excluding carboxylic acids is 2. The molecule has 0 saturated carbocycles. The first kappa shape index (κ1) is 7.88. The van der Waals surface area contributed by atoms with E-state index in [-0.39, 0.29) is 7.43 Å².